The first-order valence-corrected chi connectivity index (χ1v) is 9.99. The van der Waals surface area contributed by atoms with Crippen molar-refractivity contribution < 1.29 is 4.21 Å². The molecule has 0 radical (unpaired) electrons. The summed E-state index contributed by atoms with van der Waals surface area (Å²) < 4.78 is 12.3. The van der Waals surface area contributed by atoms with Gasteiger partial charge >= 0.3 is 0 Å². The summed E-state index contributed by atoms with van der Waals surface area (Å²) in [6.45, 7) is 2.96. The molecule has 1 aromatic rings. The van der Waals surface area contributed by atoms with Crippen LogP contribution >= 0.6 is 24.0 Å². The van der Waals surface area contributed by atoms with E-state index in [0.717, 1.165) is 35.8 Å². The van der Waals surface area contributed by atoms with Crippen LogP contribution < -0.4 is 5.32 Å². The fraction of sp³-hybridized carbons (Fsp3) is 0.611. The van der Waals surface area contributed by atoms with Gasteiger partial charge in [-0.2, -0.15) is 0 Å². The molecular weight excluding hydrogens is 433 g/mol. The summed E-state index contributed by atoms with van der Waals surface area (Å²) in [4.78, 5) is 7.72. The van der Waals surface area contributed by atoms with Gasteiger partial charge < -0.3 is 10.2 Å². The molecule has 4 nitrogen and oxygen atoms in total. The molecule has 3 unspecified atom stereocenters. The van der Waals surface area contributed by atoms with Crippen LogP contribution in [-0.2, 0) is 10.8 Å². The summed E-state index contributed by atoms with van der Waals surface area (Å²) in [5, 5.41) is 3.40. The fourth-order valence-electron chi connectivity index (χ4n) is 3.86. The van der Waals surface area contributed by atoms with Gasteiger partial charge in [0.2, 0.25) is 0 Å². The molecule has 3 atom stereocenters. The molecular formula is C18H28IN3OS. The number of hydrogen-bond acceptors (Lipinski definition) is 2. The number of rotatable bonds is 4. The Morgan fingerprint density at radius 1 is 1.21 bits per heavy atom. The van der Waals surface area contributed by atoms with Crippen molar-refractivity contribution in [2.45, 2.75) is 30.6 Å². The van der Waals surface area contributed by atoms with Crippen molar-refractivity contribution in [1.82, 2.24) is 10.2 Å². The van der Waals surface area contributed by atoms with Gasteiger partial charge in [-0.15, -0.1) is 24.0 Å². The Labute approximate surface area is 165 Å². The van der Waals surface area contributed by atoms with Crippen LogP contribution in [0.5, 0.6) is 0 Å². The van der Waals surface area contributed by atoms with Gasteiger partial charge in [0, 0.05) is 37.3 Å². The molecule has 2 fully saturated rings. The number of halogens is 1. The largest absolute Gasteiger partial charge is 0.355 e. The fourth-order valence-corrected chi connectivity index (χ4v) is 4.84. The molecule has 1 N–H and O–H groups in total. The molecule has 1 saturated carbocycles. The van der Waals surface area contributed by atoms with Crippen LogP contribution in [0.25, 0.3) is 0 Å². The van der Waals surface area contributed by atoms with E-state index >= 15 is 0 Å². The number of fused-ring (bicyclic) bond motifs is 1. The standard InChI is InChI=1S/C18H27N3OS.HI/c1-19-18(21-13-15-7-5-6-8-16(15)14-21)20-11-12-23(22)17-9-3-2-4-10-17;/h2-4,9-10,15-16H,5-8,11-14H2,1H3,(H,19,20);1H. The molecule has 3 rings (SSSR count). The molecule has 2 aliphatic rings. The lowest BCUT2D eigenvalue weighted by atomic mass is 9.82. The zero-order valence-corrected chi connectivity index (χ0v) is 17.5. The van der Waals surface area contributed by atoms with Crippen LogP contribution in [0.1, 0.15) is 25.7 Å². The van der Waals surface area contributed by atoms with E-state index in [4.69, 9.17) is 0 Å². The Hall–Kier alpha value is -0.630. The molecule has 134 valence electrons. The zero-order chi connectivity index (χ0) is 16.1. The van der Waals surface area contributed by atoms with Crippen molar-refractivity contribution in [3.63, 3.8) is 0 Å². The number of hydrogen-bond donors (Lipinski definition) is 1. The quantitative estimate of drug-likeness (QED) is 0.426. The lowest BCUT2D eigenvalue weighted by molar-refractivity contribution is 0.299. The third kappa shape index (κ3) is 4.94. The summed E-state index contributed by atoms with van der Waals surface area (Å²) in [5.74, 6) is 3.29. The number of nitrogens with zero attached hydrogens (tertiary/aromatic N) is 2. The highest BCUT2D eigenvalue weighted by molar-refractivity contribution is 14.0. The molecule has 1 aromatic carbocycles. The zero-order valence-electron chi connectivity index (χ0n) is 14.3. The molecule has 1 aliphatic carbocycles. The molecule has 1 heterocycles. The first-order chi connectivity index (χ1) is 11.3. The number of aliphatic imine (C=N–C) groups is 1. The van der Waals surface area contributed by atoms with Gasteiger partial charge in [0.1, 0.15) is 0 Å². The Bertz CT molecular complexity index is 553. The summed E-state index contributed by atoms with van der Waals surface area (Å²) >= 11 is 0. The SMILES string of the molecule is CN=C(NCCS(=O)c1ccccc1)N1CC2CCCCC2C1.I. The van der Waals surface area contributed by atoms with Gasteiger partial charge in [-0.05, 0) is 36.8 Å². The third-order valence-electron chi connectivity index (χ3n) is 5.06. The smallest absolute Gasteiger partial charge is 0.193 e. The van der Waals surface area contributed by atoms with Gasteiger partial charge in [0.25, 0.3) is 0 Å². The average molecular weight is 461 g/mol. The molecule has 6 heteroatoms. The minimum absolute atomic E-state index is 0. The van der Waals surface area contributed by atoms with E-state index in [0.29, 0.717) is 12.3 Å². The van der Waals surface area contributed by atoms with E-state index in [1.165, 1.54) is 25.7 Å². The lowest BCUT2D eigenvalue weighted by Gasteiger charge is -2.22. The van der Waals surface area contributed by atoms with Crippen LogP contribution in [0.15, 0.2) is 40.2 Å². The molecule has 0 aromatic heterocycles. The molecule has 0 amide bonds. The molecule has 1 aliphatic heterocycles. The van der Waals surface area contributed by atoms with Crippen LogP contribution in [0, 0.1) is 11.8 Å². The van der Waals surface area contributed by atoms with E-state index in [2.05, 4.69) is 15.2 Å². The monoisotopic (exact) mass is 461 g/mol. The Morgan fingerprint density at radius 2 is 1.83 bits per heavy atom. The lowest BCUT2D eigenvalue weighted by Crippen LogP contribution is -2.41. The first-order valence-electron chi connectivity index (χ1n) is 8.67. The van der Waals surface area contributed by atoms with Crippen LogP contribution in [0.3, 0.4) is 0 Å². The molecule has 0 spiro atoms. The number of benzene rings is 1. The minimum Gasteiger partial charge on any atom is -0.355 e. The van der Waals surface area contributed by atoms with E-state index in [1.807, 2.05) is 37.4 Å². The van der Waals surface area contributed by atoms with Crippen LogP contribution in [0.2, 0.25) is 0 Å². The third-order valence-corrected chi connectivity index (χ3v) is 6.44. The minimum atomic E-state index is -0.947. The van der Waals surface area contributed by atoms with Crippen LogP contribution in [-0.4, -0.2) is 47.5 Å². The Balaban J connectivity index is 0.00000208. The van der Waals surface area contributed by atoms with Crippen molar-refractivity contribution >= 4 is 40.7 Å². The maximum absolute atomic E-state index is 12.3. The second-order valence-corrected chi connectivity index (χ2v) is 8.12. The van der Waals surface area contributed by atoms with Gasteiger partial charge in [-0.25, -0.2) is 0 Å². The molecule has 0 bridgehead atoms. The maximum Gasteiger partial charge on any atom is 0.193 e. The first kappa shape index (κ1) is 19.7. The summed E-state index contributed by atoms with van der Waals surface area (Å²) in [6, 6.07) is 9.68. The highest BCUT2D eigenvalue weighted by Crippen LogP contribution is 2.35. The van der Waals surface area contributed by atoms with Gasteiger partial charge in [-0.1, -0.05) is 31.0 Å². The van der Waals surface area contributed by atoms with Gasteiger partial charge in [0.05, 0.1) is 10.8 Å². The summed E-state index contributed by atoms with van der Waals surface area (Å²) in [6.07, 6.45) is 5.51. The van der Waals surface area contributed by atoms with E-state index in [-0.39, 0.29) is 24.0 Å². The number of guanidine groups is 1. The van der Waals surface area contributed by atoms with Crippen molar-refractivity contribution in [2.75, 3.05) is 32.4 Å². The number of likely N-dealkylation sites (tertiary alicyclic amines) is 1. The predicted octanol–water partition coefficient (Wildman–Crippen LogP) is 3.11. The predicted molar refractivity (Wildman–Crippen MR) is 112 cm³/mol. The second-order valence-electron chi connectivity index (χ2n) is 6.55. The van der Waals surface area contributed by atoms with Crippen molar-refractivity contribution in [1.29, 1.82) is 0 Å². The number of nitrogens with one attached hydrogen (secondary N) is 1. The Kier molecular flexibility index (Phi) is 8.00. The van der Waals surface area contributed by atoms with Crippen LogP contribution in [0.4, 0.5) is 0 Å². The summed E-state index contributed by atoms with van der Waals surface area (Å²) in [7, 11) is 0.899. The topological polar surface area (TPSA) is 44.7 Å². The van der Waals surface area contributed by atoms with E-state index in [9.17, 15) is 4.21 Å². The summed E-state index contributed by atoms with van der Waals surface area (Å²) in [5.41, 5.74) is 0. The molecule has 24 heavy (non-hydrogen) atoms. The van der Waals surface area contributed by atoms with Crippen molar-refractivity contribution in [3.05, 3.63) is 30.3 Å². The second kappa shape index (κ2) is 9.75. The van der Waals surface area contributed by atoms with Crippen molar-refractivity contribution in [3.8, 4) is 0 Å². The van der Waals surface area contributed by atoms with E-state index < -0.39 is 10.8 Å². The highest BCUT2D eigenvalue weighted by Gasteiger charge is 2.35. The average Bonchev–Trinajstić information content (AvgIpc) is 3.03. The molecule has 1 saturated heterocycles. The Morgan fingerprint density at radius 3 is 2.42 bits per heavy atom. The van der Waals surface area contributed by atoms with E-state index in [1.54, 1.807) is 0 Å². The van der Waals surface area contributed by atoms with Gasteiger partial charge in [-0.3, -0.25) is 9.20 Å². The normalized spacial score (nSPS) is 24.9. The van der Waals surface area contributed by atoms with Crippen molar-refractivity contribution in [2.24, 2.45) is 16.8 Å². The highest BCUT2D eigenvalue weighted by atomic mass is 127. The maximum atomic E-state index is 12.3. The van der Waals surface area contributed by atoms with Gasteiger partial charge in [0.15, 0.2) is 5.96 Å².